The maximum Gasteiger partial charge on any atom is 0.255 e. The number of nitrogens with one attached hydrogen (secondary N) is 2. The molecule has 4 nitrogen and oxygen atoms in total. The largest absolute Gasteiger partial charge is 0.495 e. The highest BCUT2D eigenvalue weighted by Gasteiger charge is 2.06. The number of hydrogen-bond donors (Lipinski definition) is 3. The summed E-state index contributed by atoms with van der Waals surface area (Å²) in [5.74, 6) is -0.0405. The molecule has 2 aromatic carbocycles. The fraction of sp³-hybridized carbons (Fsp3) is 0. The number of aromatic nitrogens is 1. The van der Waals surface area contributed by atoms with Gasteiger partial charge in [-0.2, -0.15) is 0 Å². The van der Waals surface area contributed by atoms with Crippen LogP contribution in [0.3, 0.4) is 0 Å². The zero-order chi connectivity index (χ0) is 13.2. The van der Waals surface area contributed by atoms with Gasteiger partial charge < -0.3 is 15.4 Å². The molecular weight excluding hydrogens is 240 g/mol. The van der Waals surface area contributed by atoms with E-state index < -0.39 is 0 Å². The molecule has 3 N–H and O–H groups in total. The van der Waals surface area contributed by atoms with Crippen LogP contribution < -0.4 is 5.32 Å². The van der Waals surface area contributed by atoms with Crippen molar-refractivity contribution in [2.75, 3.05) is 5.32 Å². The van der Waals surface area contributed by atoms with Crippen LogP contribution in [-0.4, -0.2) is 16.0 Å². The third kappa shape index (κ3) is 2.28. The first-order chi connectivity index (χ1) is 9.22. The number of aromatic amines is 1. The lowest BCUT2D eigenvalue weighted by Crippen LogP contribution is -2.11. The summed E-state index contributed by atoms with van der Waals surface area (Å²) in [6.07, 6.45) is 0. The normalized spacial score (nSPS) is 10.5. The fourth-order valence-corrected chi connectivity index (χ4v) is 1.99. The van der Waals surface area contributed by atoms with Crippen molar-refractivity contribution in [3.63, 3.8) is 0 Å². The average molecular weight is 252 g/mol. The smallest absolute Gasteiger partial charge is 0.255 e. The molecule has 19 heavy (non-hydrogen) atoms. The molecule has 3 rings (SSSR count). The summed E-state index contributed by atoms with van der Waals surface area (Å²) in [7, 11) is 0. The van der Waals surface area contributed by atoms with E-state index in [-0.39, 0.29) is 11.8 Å². The molecule has 1 amide bonds. The zero-order valence-corrected chi connectivity index (χ0v) is 10.1. The van der Waals surface area contributed by atoms with Crippen molar-refractivity contribution in [1.82, 2.24) is 4.98 Å². The molecule has 4 heteroatoms. The molecule has 1 aromatic heterocycles. The Kier molecular flexibility index (Phi) is 2.68. The molecule has 0 fully saturated rings. The van der Waals surface area contributed by atoms with Crippen LogP contribution in [-0.2, 0) is 0 Å². The highest BCUT2D eigenvalue weighted by Crippen LogP contribution is 2.23. The van der Waals surface area contributed by atoms with Crippen molar-refractivity contribution in [2.24, 2.45) is 0 Å². The lowest BCUT2D eigenvalue weighted by atomic mass is 10.2. The van der Waals surface area contributed by atoms with E-state index in [2.05, 4.69) is 10.3 Å². The number of aromatic hydroxyl groups is 1. The highest BCUT2D eigenvalue weighted by atomic mass is 16.3. The molecule has 0 saturated carbocycles. The van der Waals surface area contributed by atoms with E-state index in [1.807, 2.05) is 30.3 Å². The van der Waals surface area contributed by atoms with Crippen molar-refractivity contribution in [2.45, 2.75) is 0 Å². The maximum atomic E-state index is 12.0. The summed E-state index contributed by atoms with van der Waals surface area (Å²) in [6.45, 7) is 0. The van der Waals surface area contributed by atoms with Crippen molar-refractivity contribution >= 4 is 22.5 Å². The second-order valence-electron chi connectivity index (χ2n) is 4.28. The van der Waals surface area contributed by atoms with Gasteiger partial charge in [-0.25, -0.2) is 0 Å². The Bertz CT molecular complexity index is 732. The van der Waals surface area contributed by atoms with Crippen molar-refractivity contribution in [3.05, 3.63) is 60.2 Å². The Morgan fingerprint density at radius 2 is 1.84 bits per heavy atom. The minimum absolute atomic E-state index is 0.113. The van der Waals surface area contributed by atoms with Gasteiger partial charge in [0.25, 0.3) is 5.91 Å². The monoisotopic (exact) mass is 252 g/mol. The highest BCUT2D eigenvalue weighted by molar-refractivity contribution is 6.05. The molecule has 0 spiro atoms. The number of fused-ring (bicyclic) bond motifs is 1. The zero-order valence-electron chi connectivity index (χ0n) is 10.1. The van der Waals surface area contributed by atoms with E-state index >= 15 is 0 Å². The predicted molar refractivity (Wildman–Crippen MR) is 74.4 cm³/mol. The Labute approximate surface area is 109 Å². The lowest BCUT2D eigenvalue weighted by molar-refractivity contribution is 0.102. The molecule has 3 aromatic rings. The first-order valence-electron chi connectivity index (χ1n) is 5.90. The fourth-order valence-electron chi connectivity index (χ4n) is 1.99. The van der Waals surface area contributed by atoms with Gasteiger partial charge in [0.2, 0.25) is 0 Å². The number of carbonyl (C=O) groups is 1. The van der Waals surface area contributed by atoms with E-state index in [9.17, 15) is 9.90 Å². The number of H-pyrrole nitrogens is 1. The van der Waals surface area contributed by atoms with Crippen molar-refractivity contribution in [3.8, 4) is 5.88 Å². The van der Waals surface area contributed by atoms with Crippen molar-refractivity contribution < 1.29 is 9.90 Å². The first-order valence-corrected chi connectivity index (χ1v) is 5.90. The molecule has 0 atom stereocenters. The third-order valence-corrected chi connectivity index (χ3v) is 2.90. The minimum Gasteiger partial charge on any atom is -0.495 e. The van der Waals surface area contributed by atoms with Gasteiger partial charge in [-0.15, -0.1) is 0 Å². The topological polar surface area (TPSA) is 65.1 Å². The summed E-state index contributed by atoms with van der Waals surface area (Å²) in [4.78, 5) is 14.8. The molecule has 1 heterocycles. The van der Waals surface area contributed by atoms with Gasteiger partial charge in [-0.05, 0) is 30.3 Å². The van der Waals surface area contributed by atoms with Crippen LogP contribution >= 0.6 is 0 Å². The number of anilines is 1. The van der Waals surface area contributed by atoms with Gasteiger partial charge in [0, 0.05) is 28.2 Å². The Hall–Kier alpha value is -2.75. The predicted octanol–water partition coefficient (Wildman–Crippen LogP) is 3.13. The number of carbonyl (C=O) groups excluding carboxylic acids is 1. The first kappa shape index (κ1) is 11.3. The molecule has 0 radical (unpaired) electrons. The summed E-state index contributed by atoms with van der Waals surface area (Å²) in [5.41, 5.74) is 2.13. The van der Waals surface area contributed by atoms with Crippen LogP contribution in [0.1, 0.15) is 10.4 Å². The second-order valence-corrected chi connectivity index (χ2v) is 4.28. The summed E-state index contributed by atoms with van der Waals surface area (Å²) >= 11 is 0. The summed E-state index contributed by atoms with van der Waals surface area (Å²) in [5, 5.41) is 13.0. The SMILES string of the molecule is O=C(Nc1ccc2[nH]c(O)cc2c1)c1ccccc1. The molecule has 0 unspecified atom stereocenters. The van der Waals surface area contributed by atoms with Crippen molar-refractivity contribution in [1.29, 1.82) is 0 Å². The van der Waals surface area contributed by atoms with Crippen LogP contribution in [0.5, 0.6) is 5.88 Å². The van der Waals surface area contributed by atoms with E-state index in [1.165, 1.54) is 0 Å². The number of hydrogen-bond acceptors (Lipinski definition) is 2. The van der Waals surface area contributed by atoms with Gasteiger partial charge in [0.15, 0.2) is 5.88 Å². The summed E-state index contributed by atoms with van der Waals surface area (Å²) < 4.78 is 0. The Morgan fingerprint density at radius 3 is 2.63 bits per heavy atom. The standard InChI is InChI=1S/C15H12N2O2/c18-14-9-11-8-12(6-7-13(11)17-14)16-15(19)10-4-2-1-3-5-10/h1-9,17-18H,(H,16,19). The molecular formula is C15H12N2O2. The second kappa shape index (κ2) is 4.49. The lowest BCUT2D eigenvalue weighted by Gasteiger charge is -2.05. The van der Waals surface area contributed by atoms with Crippen LogP contribution in [0.2, 0.25) is 0 Å². The van der Waals surface area contributed by atoms with E-state index in [0.29, 0.717) is 11.3 Å². The molecule has 0 aliphatic heterocycles. The maximum absolute atomic E-state index is 12.0. The number of amides is 1. The van der Waals surface area contributed by atoms with E-state index in [1.54, 1.807) is 24.3 Å². The van der Waals surface area contributed by atoms with Crippen LogP contribution in [0, 0.1) is 0 Å². The van der Waals surface area contributed by atoms with Crippen LogP contribution in [0.25, 0.3) is 10.9 Å². The number of rotatable bonds is 2. The van der Waals surface area contributed by atoms with Gasteiger partial charge in [0.1, 0.15) is 0 Å². The van der Waals surface area contributed by atoms with Gasteiger partial charge in [-0.1, -0.05) is 18.2 Å². The van der Waals surface area contributed by atoms with Gasteiger partial charge in [0.05, 0.1) is 0 Å². The molecule has 0 aliphatic carbocycles. The Balaban J connectivity index is 1.87. The third-order valence-electron chi connectivity index (χ3n) is 2.90. The molecule has 0 bridgehead atoms. The van der Waals surface area contributed by atoms with E-state index in [0.717, 1.165) is 10.9 Å². The number of benzene rings is 2. The molecule has 0 saturated heterocycles. The average Bonchev–Trinajstić information content (AvgIpc) is 2.79. The molecule has 94 valence electrons. The van der Waals surface area contributed by atoms with Gasteiger partial charge in [-0.3, -0.25) is 4.79 Å². The molecule has 0 aliphatic rings. The quantitative estimate of drug-likeness (QED) is 0.656. The Morgan fingerprint density at radius 1 is 1.05 bits per heavy atom. The van der Waals surface area contributed by atoms with Gasteiger partial charge >= 0.3 is 0 Å². The van der Waals surface area contributed by atoms with Crippen LogP contribution in [0.15, 0.2) is 54.6 Å². The van der Waals surface area contributed by atoms with E-state index in [4.69, 9.17) is 0 Å². The minimum atomic E-state index is -0.153. The van der Waals surface area contributed by atoms with Crippen LogP contribution in [0.4, 0.5) is 5.69 Å². The summed E-state index contributed by atoms with van der Waals surface area (Å²) in [6, 6.07) is 16.1.